The van der Waals surface area contributed by atoms with Crippen LogP contribution in [-0.4, -0.2) is 17.7 Å². The molecule has 0 bridgehead atoms. The molecule has 0 aliphatic rings. The van der Waals surface area contributed by atoms with Gasteiger partial charge >= 0.3 is 0 Å². The second-order valence-corrected chi connectivity index (χ2v) is 8.87. The molecular formula is C27H24N4O4S. The third-order valence-electron chi connectivity index (χ3n) is 5.18. The van der Waals surface area contributed by atoms with Gasteiger partial charge in [-0.2, -0.15) is 0 Å². The summed E-state index contributed by atoms with van der Waals surface area (Å²) in [6, 6.07) is 26.5. The number of hydrogen-bond acceptors (Lipinski definition) is 6. The van der Waals surface area contributed by atoms with Crippen molar-refractivity contribution in [1.82, 2.24) is 10.8 Å². The number of amides is 3. The normalized spacial score (nSPS) is 10.4. The number of benzene rings is 3. The van der Waals surface area contributed by atoms with Crippen LogP contribution < -0.4 is 21.8 Å². The first kappa shape index (κ1) is 24.6. The molecule has 8 nitrogen and oxygen atoms in total. The Balaban J connectivity index is 1.25. The van der Waals surface area contributed by atoms with Gasteiger partial charge in [0.25, 0.3) is 17.7 Å². The van der Waals surface area contributed by atoms with Crippen LogP contribution in [0.15, 0.2) is 91.0 Å². The van der Waals surface area contributed by atoms with E-state index in [1.165, 1.54) is 0 Å². The lowest BCUT2D eigenvalue weighted by atomic mass is 10.1. The van der Waals surface area contributed by atoms with Crippen LogP contribution in [0.1, 0.15) is 40.8 Å². The molecule has 5 N–H and O–H groups in total. The maximum absolute atomic E-state index is 12.5. The summed E-state index contributed by atoms with van der Waals surface area (Å²) >= 11 is 1.07. The summed E-state index contributed by atoms with van der Waals surface area (Å²) in [5, 5.41) is 5.60. The van der Waals surface area contributed by atoms with Crippen molar-refractivity contribution in [3.63, 3.8) is 0 Å². The zero-order valence-electron chi connectivity index (χ0n) is 19.2. The maximum atomic E-state index is 12.5. The van der Waals surface area contributed by atoms with E-state index in [-0.39, 0.29) is 25.0 Å². The summed E-state index contributed by atoms with van der Waals surface area (Å²) in [4.78, 5) is 43.3. The first-order chi connectivity index (χ1) is 17.5. The number of carbonyl (C=O) groups is 3. The average molecular weight is 501 g/mol. The van der Waals surface area contributed by atoms with Crippen LogP contribution in [0.4, 0.5) is 11.4 Å². The zero-order valence-corrected chi connectivity index (χ0v) is 20.0. The smallest absolute Gasteiger partial charge is 0.284 e. The Morgan fingerprint density at radius 2 is 1.39 bits per heavy atom. The molecule has 0 aliphatic carbocycles. The number of rotatable bonds is 9. The summed E-state index contributed by atoms with van der Waals surface area (Å²) in [6.45, 7) is 0.512. The molecular weight excluding hydrogens is 476 g/mol. The molecule has 4 aromatic rings. The molecule has 3 amide bonds. The molecule has 3 aromatic carbocycles. The average Bonchev–Trinajstić information content (AvgIpc) is 3.40. The molecule has 0 atom stereocenters. The van der Waals surface area contributed by atoms with Gasteiger partial charge in [0.05, 0.1) is 27.7 Å². The highest BCUT2D eigenvalue weighted by Gasteiger charge is 2.14. The van der Waals surface area contributed by atoms with Gasteiger partial charge < -0.3 is 16.4 Å². The van der Waals surface area contributed by atoms with Crippen LogP contribution in [0.3, 0.4) is 0 Å². The summed E-state index contributed by atoms with van der Waals surface area (Å²) in [5.41, 5.74) is 11.5. The van der Waals surface area contributed by atoms with Gasteiger partial charge in [-0.15, -0.1) is 11.3 Å². The Hall–Kier alpha value is -4.47. The highest BCUT2D eigenvalue weighted by Crippen LogP contribution is 2.19. The minimum absolute atomic E-state index is 0.242. The van der Waals surface area contributed by atoms with Crippen molar-refractivity contribution < 1.29 is 19.2 Å². The lowest BCUT2D eigenvalue weighted by Gasteiger charge is -2.09. The van der Waals surface area contributed by atoms with Crippen molar-refractivity contribution in [2.75, 3.05) is 11.1 Å². The lowest BCUT2D eigenvalue weighted by Crippen LogP contribution is -2.23. The van der Waals surface area contributed by atoms with Gasteiger partial charge in [-0.1, -0.05) is 54.6 Å². The van der Waals surface area contributed by atoms with Gasteiger partial charge in [0.1, 0.15) is 0 Å². The molecule has 0 unspecified atom stereocenters. The lowest BCUT2D eigenvalue weighted by molar-refractivity contribution is 0.0237. The van der Waals surface area contributed by atoms with Crippen LogP contribution in [0.2, 0.25) is 0 Å². The highest BCUT2D eigenvalue weighted by molar-refractivity contribution is 7.15. The predicted molar refractivity (Wildman–Crippen MR) is 139 cm³/mol. The minimum Gasteiger partial charge on any atom is -0.397 e. The van der Waals surface area contributed by atoms with Gasteiger partial charge in [0.15, 0.2) is 0 Å². The molecule has 0 spiro atoms. The Morgan fingerprint density at radius 3 is 2.11 bits per heavy atom. The first-order valence-corrected chi connectivity index (χ1v) is 11.9. The standard InChI is InChI=1S/C27H24N4O4S/c28-21-8-4-5-9-22(21)30-25(32)20-12-10-18(11-13-20)16-29-26(33)23-14-15-24(36-23)27(34)31-35-17-19-6-2-1-3-7-19/h1-15H,16-17,28H2,(H,29,33)(H,30,32)(H,31,34). The fraction of sp³-hybridized carbons (Fsp3) is 0.0741. The van der Waals surface area contributed by atoms with Crippen molar-refractivity contribution in [2.24, 2.45) is 0 Å². The summed E-state index contributed by atoms with van der Waals surface area (Å²) in [5.74, 6) is -0.993. The van der Waals surface area contributed by atoms with Gasteiger partial charge in [0, 0.05) is 12.1 Å². The second kappa shape index (κ2) is 11.8. The van der Waals surface area contributed by atoms with Crippen molar-refractivity contribution >= 4 is 40.4 Å². The third-order valence-corrected chi connectivity index (χ3v) is 6.26. The van der Waals surface area contributed by atoms with Gasteiger partial charge in [0.2, 0.25) is 0 Å². The number of nitrogen functional groups attached to an aromatic ring is 1. The van der Waals surface area contributed by atoms with Crippen LogP contribution in [0.25, 0.3) is 0 Å². The number of thiophene rings is 1. The van der Waals surface area contributed by atoms with Crippen molar-refractivity contribution in [3.8, 4) is 0 Å². The monoisotopic (exact) mass is 500 g/mol. The number of hydrogen-bond donors (Lipinski definition) is 4. The van der Waals surface area contributed by atoms with Crippen molar-refractivity contribution in [2.45, 2.75) is 13.2 Å². The first-order valence-electron chi connectivity index (χ1n) is 11.1. The maximum Gasteiger partial charge on any atom is 0.284 e. The number of nitrogens with two attached hydrogens (primary N) is 1. The quantitative estimate of drug-likeness (QED) is 0.201. The van der Waals surface area contributed by atoms with Gasteiger partial charge in [-0.05, 0) is 47.5 Å². The van der Waals surface area contributed by atoms with E-state index in [4.69, 9.17) is 10.6 Å². The van der Waals surface area contributed by atoms with Crippen LogP contribution >= 0.6 is 11.3 Å². The molecule has 182 valence electrons. The van der Waals surface area contributed by atoms with Gasteiger partial charge in [-0.3, -0.25) is 19.2 Å². The van der Waals surface area contributed by atoms with E-state index in [1.54, 1.807) is 60.7 Å². The SMILES string of the molecule is Nc1ccccc1NC(=O)c1ccc(CNC(=O)c2ccc(C(=O)NOCc3ccccc3)s2)cc1. The van der Waals surface area contributed by atoms with E-state index in [9.17, 15) is 14.4 Å². The molecule has 4 rings (SSSR count). The fourth-order valence-corrected chi connectivity index (χ4v) is 4.05. The number of para-hydroxylation sites is 2. The topological polar surface area (TPSA) is 123 Å². The fourth-order valence-electron chi connectivity index (χ4n) is 3.24. The van der Waals surface area contributed by atoms with E-state index in [0.29, 0.717) is 26.7 Å². The largest absolute Gasteiger partial charge is 0.397 e. The number of anilines is 2. The Bertz CT molecular complexity index is 1350. The Kier molecular flexibility index (Phi) is 8.07. The second-order valence-electron chi connectivity index (χ2n) is 7.79. The van der Waals surface area contributed by atoms with Crippen molar-refractivity contribution in [1.29, 1.82) is 0 Å². The molecule has 1 heterocycles. The van der Waals surface area contributed by atoms with E-state index in [2.05, 4.69) is 16.1 Å². The minimum atomic E-state index is -0.416. The summed E-state index contributed by atoms with van der Waals surface area (Å²) in [6.07, 6.45) is 0. The van der Waals surface area contributed by atoms with Gasteiger partial charge in [-0.25, -0.2) is 5.48 Å². The number of nitrogens with one attached hydrogen (secondary N) is 3. The number of carbonyl (C=O) groups excluding carboxylic acids is 3. The van der Waals surface area contributed by atoms with E-state index < -0.39 is 5.91 Å². The van der Waals surface area contributed by atoms with E-state index in [1.807, 2.05) is 30.3 Å². The van der Waals surface area contributed by atoms with Crippen molar-refractivity contribution in [3.05, 3.63) is 117 Å². The Morgan fingerprint density at radius 1 is 0.722 bits per heavy atom. The Labute approximate surface area is 212 Å². The molecule has 0 radical (unpaired) electrons. The summed E-state index contributed by atoms with van der Waals surface area (Å²) < 4.78 is 0. The van der Waals surface area contributed by atoms with Crippen LogP contribution in [0, 0.1) is 0 Å². The summed E-state index contributed by atoms with van der Waals surface area (Å²) in [7, 11) is 0. The van der Waals surface area contributed by atoms with E-state index in [0.717, 1.165) is 22.5 Å². The molecule has 1 aromatic heterocycles. The van der Waals surface area contributed by atoms with Crippen LogP contribution in [-0.2, 0) is 18.0 Å². The zero-order chi connectivity index (χ0) is 25.3. The molecule has 0 aliphatic heterocycles. The molecule has 9 heteroatoms. The molecule has 0 fully saturated rings. The molecule has 0 saturated carbocycles. The predicted octanol–water partition coefficient (Wildman–Crippen LogP) is 4.37. The third kappa shape index (κ3) is 6.56. The van der Waals surface area contributed by atoms with E-state index >= 15 is 0 Å². The molecule has 0 saturated heterocycles. The highest BCUT2D eigenvalue weighted by atomic mass is 32.1. The van der Waals surface area contributed by atoms with Crippen LogP contribution in [0.5, 0.6) is 0 Å². The molecule has 36 heavy (non-hydrogen) atoms. The number of hydroxylamine groups is 1.